The van der Waals surface area contributed by atoms with Gasteiger partial charge in [0.05, 0.1) is 16.9 Å². The molecule has 0 unspecified atom stereocenters. The van der Waals surface area contributed by atoms with Gasteiger partial charge in [-0.15, -0.1) is 0 Å². The molecule has 2 heterocycles. The predicted molar refractivity (Wildman–Crippen MR) is 77.1 cm³/mol. The van der Waals surface area contributed by atoms with Gasteiger partial charge >= 0.3 is 5.97 Å². The number of hydrogen-bond donors (Lipinski definition) is 2. The number of aryl methyl sites for hydroxylation is 1. The Balaban J connectivity index is 2.41. The number of nitrogens with one attached hydrogen (secondary N) is 1. The van der Waals surface area contributed by atoms with Crippen LogP contribution in [0.4, 0.5) is 5.69 Å². The highest BCUT2D eigenvalue weighted by Gasteiger charge is 2.21. The average Bonchev–Trinajstić information content (AvgIpc) is 2.86. The molecule has 2 N–H and O–H groups in total. The van der Waals surface area contributed by atoms with Crippen LogP contribution in [0.2, 0.25) is 5.02 Å². The lowest BCUT2D eigenvalue weighted by Crippen LogP contribution is -2.12. The van der Waals surface area contributed by atoms with Crippen molar-refractivity contribution in [2.45, 2.75) is 18.4 Å². The first-order valence-corrected chi connectivity index (χ1v) is 7.77. The minimum Gasteiger partial charge on any atom is -0.477 e. The normalized spacial score (nSPS) is 11.3. The van der Waals surface area contributed by atoms with Crippen LogP contribution in [0.3, 0.4) is 0 Å². The zero-order valence-electron chi connectivity index (χ0n) is 10.9. The van der Waals surface area contributed by atoms with Crippen LogP contribution in [0.25, 0.3) is 0 Å². The van der Waals surface area contributed by atoms with Crippen molar-refractivity contribution >= 4 is 33.3 Å². The molecule has 0 amide bonds. The van der Waals surface area contributed by atoms with Gasteiger partial charge in [0.2, 0.25) is 0 Å². The molecule has 112 valence electrons. The Hall–Kier alpha value is -2.06. The van der Waals surface area contributed by atoms with E-state index < -0.39 is 16.0 Å². The first-order chi connectivity index (χ1) is 9.85. The van der Waals surface area contributed by atoms with Crippen LogP contribution in [0.5, 0.6) is 0 Å². The summed E-state index contributed by atoms with van der Waals surface area (Å²) in [5.74, 6) is -1.20. The van der Waals surface area contributed by atoms with E-state index in [0.717, 1.165) is 6.07 Å². The van der Waals surface area contributed by atoms with Crippen molar-refractivity contribution in [2.24, 2.45) is 0 Å². The summed E-state index contributed by atoms with van der Waals surface area (Å²) in [6.45, 7) is 2.05. The van der Waals surface area contributed by atoms with Crippen LogP contribution in [-0.2, 0) is 16.6 Å². The third kappa shape index (κ3) is 3.17. The number of anilines is 1. The van der Waals surface area contributed by atoms with Gasteiger partial charge in [0.15, 0.2) is 0 Å². The van der Waals surface area contributed by atoms with E-state index in [1.807, 2.05) is 0 Å². The second-order valence-corrected chi connectivity index (χ2v) is 6.20. The van der Waals surface area contributed by atoms with Gasteiger partial charge in [0.1, 0.15) is 10.6 Å². The van der Waals surface area contributed by atoms with Gasteiger partial charge < -0.3 is 9.67 Å². The Labute approximate surface area is 126 Å². The molecule has 0 aliphatic heterocycles. The second-order valence-electron chi connectivity index (χ2n) is 4.11. The summed E-state index contributed by atoms with van der Waals surface area (Å²) in [6.07, 6.45) is 3.96. The maximum Gasteiger partial charge on any atom is 0.352 e. The largest absolute Gasteiger partial charge is 0.477 e. The van der Waals surface area contributed by atoms with Gasteiger partial charge in [-0.25, -0.2) is 13.2 Å². The van der Waals surface area contributed by atoms with E-state index >= 15 is 0 Å². The van der Waals surface area contributed by atoms with Crippen LogP contribution in [-0.4, -0.2) is 29.0 Å². The number of rotatable bonds is 5. The number of pyridine rings is 1. The van der Waals surface area contributed by atoms with Crippen molar-refractivity contribution in [1.29, 1.82) is 0 Å². The highest BCUT2D eigenvalue weighted by Crippen LogP contribution is 2.24. The minimum atomic E-state index is -3.94. The summed E-state index contributed by atoms with van der Waals surface area (Å²) in [7, 11) is -3.94. The molecule has 0 spiro atoms. The van der Waals surface area contributed by atoms with Crippen molar-refractivity contribution in [3.63, 3.8) is 0 Å². The third-order valence-corrected chi connectivity index (χ3v) is 4.42. The summed E-state index contributed by atoms with van der Waals surface area (Å²) in [4.78, 5) is 14.7. The Morgan fingerprint density at radius 2 is 2.24 bits per heavy atom. The van der Waals surface area contributed by atoms with Gasteiger partial charge in [0.25, 0.3) is 10.0 Å². The SMILES string of the molecule is CCn1cc(S(=O)(=O)Nc2cnccc2Cl)cc1C(=O)O. The molecule has 0 aliphatic rings. The van der Waals surface area contributed by atoms with Crippen molar-refractivity contribution in [3.05, 3.63) is 41.4 Å². The van der Waals surface area contributed by atoms with Gasteiger partial charge in [-0.3, -0.25) is 9.71 Å². The Kier molecular flexibility index (Phi) is 4.19. The number of aromatic nitrogens is 2. The maximum absolute atomic E-state index is 12.3. The fraction of sp³-hybridized carbons (Fsp3) is 0.167. The summed E-state index contributed by atoms with van der Waals surface area (Å²) < 4.78 is 28.1. The van der Waals surface area contributed by atoms with E-state index in [1.54, 1.807) is 6.92 Å². The Morgan fingerprint density at radius 3 is 2.76 bits per heavy atom. The van der Waals surface area contributed by atoms with Crippen molar-refractivity contribution in [3.8, 4) is 0 Å². The molecule has 0 bridgehead atoms. The van der Waals surface area contributed by atoms with Crippen LogP contribution < -0.4 is 4.72 Å². The first-order valence-electron chi connectivity index (χ1n) is 5.91. The number of carboxylic acids is 1. The summed E-state index contributed by atoms with van der Waals surface area (Å²) >= 11 is 5.87. The van der Waals surface area contributed by atoms with Gasteiger partial charge in [-0.1, -0.05) is 11.6 Å². The summed E-state index contributed by atoms with van der Waals surface area (Å²) in [6, 6.07) is 2.54. The standard InChI is InChI=1S/C12H12ClN3O4S/c1-2-16-7-8(5-11(16)12(17)18)21(19,20)15-10-6-14-4-3-9(10)13/h3-7,15H,2H2,1H3,(H,17,18). The maximum atomic E-state index is 12.3. The average molecular weight is 330 g/mol. The van der Waals surface area contributed by atoms with E-state index in [2.05, 4.69) is 9.71 Å². The number of carboxylic acid groups (broad SMARTS) is 1. The molecule has 2 aromatic rings. The monoisotopic (exact) mass is 329 g/mol. The van der Waals surface area contributed by atoms with E-state index in [1.165, 1.54) is 29.2 Å². The fourth-order valence-electron chi connectivity index (χ4n) is 1.73. The molecule has 2 rings (SSSR count). The number of hydrogen-bond acceptors (Lipinski definition) is 4. The molecule has 2 aromatic heterocycles. The number of nitrogens with zero attached hydrogens (tertiary/aromatic N) is 2. The molecular weight excluding hydrogens is 318 g/mol. The lowest BCUT2D eigenvalue weighted by Gasteiger charge is -2.07. The van der Waals surface area contributed by atoms with Crippen LogP contribution in [0.15, 0.2) is 35.6 Å². The lowest BCUT2D eigenvalue weighted by atomic mass is 10.4. The highest BCUT2D eigenvalue weighted by atomic mass is 35.5. The number of halogens is 1. The molecule has 7 nitrogen and oxygen atoms in total. The zero-order valence-corrected chi connectivity index (χ0v) is 12.5. The van der Waals surface area contributed by atoms with E-state index in [4.69, 9.17) is 16.7 Å². The molecule has 9 heteroatoms. The second kappa shape index (κ2) is 5.74. The van der Waals surface area contributed by atoms with Crippen LogP contribution in [0.1, 0.15) is 17.4 Å². The van der Waals surface area contributed by atoms with Crippen molar-refractivity contribution < 1.29 is 18.3 Å². The predicted octanol–water partition coefficient (Wildman–Crippen LogP) is 2.06. The summed E-state index contributed by atoms with van der Waals surface area (Å²) in [5, 5.41) is 9.24. The van der Waals surface area contributed by atoms with E-state index in [9.17, 15) is 13.2 Å². The lowest BCUT2D eigenvalue weighted by molar-refractivity contribution is 0.0685. The number of aromatic carboxylic acids is 1. The molecule has 0 fully saturated rings. The van der Waals surface area contributed by atoms with Crippen molar-refractivity contribution in [1.82, 2.24) is 9.55 Å². The molecule has 21 heavy (non-hydrogen) atoms. The highest BCUT2D eigenvalue weighted by molar-refractivity contribution is 7.92. The van der Waals surface area contributed by atoms with Gasteiger partial charge in [0, 0.05) is 18.9 Å². The Morgan fingerprint density at radius 1 is 1.52 bits per heavy atom. The molecule has 0 aromatic carbocycles. The quantitative estimate of drug-likeness (QED) is 0.874. The zero-order chi connectivity index (χ0) is 15.6. The molecule has 0 radical (unpaired) electrons. The van der Waals surface area contributed by atoms with Gasteiger partial charge in [-0.2, -0.15) is 0 Å². The van der Waals surface area contributed by atoms with Crippen LogP contribution in [0, 0.1) is 0 Å². The molecule has 0 saturated heterocycles. The number of sulfonamides is 1. The van der Waals surface area contributed by atoms with E-state index in [0.29, 0.717) is 6.54 Å². The number of carbonyl (C=O) groups is 1. The fourth-order valence-corrected chi connectivity index (χ4v) is 3.04. The summed E-state index contributed by atoms with van der Waals surface area (Å²) in [5.41, 5.74) is 0.0236. The van der Waals surface area contributed by atoms with Gasteiger partial charge in [-0.05, 0) is 19.1 Å². The smallest absolute Gasteiger partial charge is 0.352 e. The topological polar surface area (TPSA) is 101 Å². The minimum absolute atomic E-state index is 0.102. The molecule has 0 saturated carbocycles. The Bertz CT molecular complexity index is 786. The molecular formula is C12H12ClN3O4S. The first kappa shape index (κ1) is 15.3. The van der Waals surface area contributed by atoms with E-state index in [-0.39, 0.29) is 21.3 Å². The third-order valence-electron chi connectivity index (χ3n) is 2.75. The molecule has 0 aliphatic carbocycles. The van der Waals surface area contributed by atoms with Crippen molar-refractivity contribution in [2.75, 3.05) is 4.72 Å². The van der Waals surface area contributed by atoms with Crippen LogP contribution >= 0.6 is 11.6 Å². The molecule has 0 atom stereocenters.